The van der Waals surface area contributed by atoms with Crippen LogP contribution < -0.4 is 10.1 Å². The molecule has 1 amide bonds. The number of carbonyl (C=O) groups excluding carboxylic acids is 1. The highest BCUT2D eigenvalue weighted by Crippen LogP contribution is 2.28. The van der Waals surface area contributed by atoms with Gasteiger partial charge in [0.2, 0.25) is 0 Å². The fraction of sp³-hybridized carbons (Fsp3) is 0.300. The molecule has 0 aliphatic carbocycles. The minimum atomic E-state index is -0.205. The Morgan fingerprint density at radius 3 is 2.78 bits per heavy atom. The molecular weight excluding hydrogens is 342 g/mol. The number of benzene rings is 2. The summed E-state index contributed by atoms with van der Waals surface area (Å²) in [5.74, 6) is 0.932. The van der Waals surface area contributed by atoms with Crippen LogP contribution in [-0.4, -0.2) is 32.7 Å². The number of para-hydroxylation sites is 1. The van der Waals surface area contributed by atoms with Crippen LogP contribution in [0.4, 0.5) is 5.69 Å². The maximum Gasteiger partial charge on any atom is 0.262 e. The minimum absolute atomic E-state index is 0.0404. The van der Waals surface area contributed by atoms with Gasteiger partial charge in [-0.2, -0.15) is 0 Å². The second-order valence-electron chi connectivity index (χ2n) is 6.44. The van der Waals surface area contributed by atoms with Crippen molar-refractivity contribution in [3.8, 4) is 11.4 Å². The number of nitrogens with zero attached hydrogens (tertiary/aromatic N) is 4. The summed E-state index contributed by atoms with van der Waals surface area (Å²) in [5.41, 5.74) is 3.63. The predicted octanol–water partition coefficient (Wildman–Crippen LogP) is 3.50. The number of tetrazole rings is 1. The summed E-state index contributed by atoms with van der Waals surface area (Å²) in [5, 5.41) is 14.0. The Morgan fingerprint density at radius 1 is 1.26 bits per heavy atom. The van der Waals surface area contributed by atoms with Gasteiger partial charge in [0, 0.05) is 5.69 Å². The number of carbonyl (C=O) groups is 1. The first-order valence-electron chi connectivity index (χ1n) is 8.94. The van der Waals surface area contributed by atoms with Crippen LogP contribution in [0.5, 0.6) is 5.75 Å². The van der Waals surface area contributed by atoms with Gasteiger partial charge >= 0.3 is 0 Å². The van der Waals surface area contributed by atoms with Crippen LogP contribution in [0.1, 0.15) is 37.3 Å². The summed E-state index contributed by atoms with van der Waals surface area (Å²) in [4.78, 5) is 12.3. The molecule has 140 valence electrons. The maximum atomic E-state index is 12.3. The third-order valence-electron chi connectivity index (χ3n) is 4.50. The Morgan fingerprint density at radius 2 is 2.07 bits per heavy atom. The highest BCUT2D eigenvalue weighted by Gasteiger charge is 2.12. The first kappa shape index (κ1) is 18.6. The molecule has 0 radical (unpaired) electrons. The van der Waals surface area contributed by atoms with E-state index >= 15 is 0 Å². The molecule has 1 unspecified atom stereocenters. The van der Waals surface area contributed by atoms with Crippen LogP contribution in [0, 0.1) is 6.92 Å². The molecule has 7 heteroatoms. The topological polar surface area (TPSA) is 81.9 Å². The summed E-state index contributed by atoms with van der Waals surface area (Å²) >= 11 is 0. The molecule has 3 aromatic rings. The maximum absolute atomic E-state index is 12.3. The van der Waals surface area contributed by atoms with Crippen LogP contribution in [0.3, 0.4) is 0 Å². The van der Waals surface area contributed by atoms with E-state index in [9.17, 15) is 4.79 Å². The van der Waals surface area contributed by atoms with Crippen LogP contribution in [0.2, 0.25) is 0 Å². The number of aromatic nitrogens is 4. The van der Waals surface area contributed by atoms with Crippen molar-refractivity contribution in [1.82, 2.24) is 20.2 Å². The molecule has 0 aliphatic rings. The average molecular weight is 365 g/mol. The molecule has 1 atom stereocenters. The van der Waals surface area contributed by atoms with Gasteiger partial charge in [-0.1, -0.05) is 32.0 Å². The van der Waals surface area contributed by atoms with Gasteiger partial charge < -0.3 is 10.1 Å². The van der Waals surface area contributed by atoms with E-state index in [-0.39, 0.29) is 12.5 Å². The second-order valence-corrected chi connectivity index (χ2v) is 6.44. The molecule has 0 saturated heterocycles. The SMILES string of the molecule is CCC(C)c1ccccc1OCC(=O)Nc1ccc(-n2cnnn2)c(C)c1. The van der Waals surface area contributed by atoms with Crippen LogP contribution in [0.25, 0.3) is 5.69 Å². The molecule has 27 heavy (non-hydrogen) atoms. The zero-order chi connectivity index (χ0) is 19.2. The lowest BCUT2D eigenvalue weighted by Gasteiger charge is -2.15. The molecule has 3 rings (SSSR count). The summed E-state index contributed by atoms with van der Waals surface area (Å²) in [6.07, 6.45) is 2.54. The van der Waals surface area contributed by atoms with E-state index in [4.69, 9.17) is 4.74 Å². The monoisotopic (exact) mass is 365 g/mol. The van der Waals surface area contributed by atoms with Gasteiger partial charge in [-0.15, -0.1) is 5.10 Å². The number of hydrogen-bond acceptors (Lipinski definition) is 5. The quantitative estimate of drug-likeness (QED) is 0.693. The van der Waals surface area contributed by atoms with Crippen LogP contribution >= 0.6 is 0 Å². The summed E-state index contributed by atoms with van der Waals surface area (Å²) in [6, 6.07) is 13.4. The highest BCUT2D eigenvalue weighted by molar-refractivity contribution is 5.92. The number of nitrogens with one attached hydrogen (secondary N) is 1. The van der Waals surface area contributed by atoms with Crippen LogP contribution in [-0.2, 0) is 4.79 Å². The van der Waals surface area contributed by atoms with Gasteiger partial charge in [0.25, 0.3) is 5.91 Å². The summed E-state index contributed by atoms with van der Waals surface area (Å²) in [6.45, 7) is 6.18. The lowest BCUT2D eigenvalue weighted by Crippen LogP contribution is -2.20. The Hall–Kier alpha value is -3.22. The Kier molecular flexibility index (Phi) is 5.80. The van der Waals surface area contributed by atoms with E-state index in [0.717, 1.165) is 29.0 Å². The van der Waals surface area contributed by atoms with Crippen molar-refractivity contribution in [3.63, 3.8) is 0 Å². The number of aryl methyl sites for hydroxylation is 1. The van der Waals surface area contributed by atoms with Crippen molar-refractivity contribution < 1.29 is 9.53 Å². The van der Waals surface area contributed by atoms with Crippen LogP contribution in [0.15, 0.2) is 48.8 Å². The zero-order valence-electron chi connectivity index (χ0n) is 15.7. The number of amides is 1. The summed E-state index contributed by atoms with van der Waals surface area (Å²) in [7, 11) is 0. The third-order valence-corrected chi connectivity index (χ3v) is 4.50. The Bertz CT molecular complexity index is 908. The van der Waals surface area contributed by atoms with E-state index in [1.54, 1.807) is 4.68 Å². The van der Waals surface area contributed by atoms with E-state index in [1.165, 1.54) is 6.33 Å². The largest absolute Gasteiger partial charge is 0.483 e. The zero-order valence-corrected chi connectivity index (χ0v) is 15.7. The Labute approximate surface area is 158 Å². The van der Waals surface area contributed by atoms with Crippen molar-refractivity contribution in [2.75, 3.05) is 11.9 Å². The number of anilines is 1. The lowest BCUT2D eigenvalue weighted by molar-refractivity contribution is -0.118. The lowest BCUT2D eigenvalue weighted by atomic mass is 9.98. The standard InChI is InChI=1S/C20H23N5O2/c1-4-14(2)17-7-5-6-8-19(17)27-12-20(26)22-16-9-10-18(15(3)11-16)25-13-21-23-24-25/h5-11,13-14H,4,12H2,1-3H3,(H,22,26). The molecule has 1 N–H and O–H groups in total. The van der Waals surface area contributed by atoms with Crippen molar-refractivity contribution in [2.24, 2.45) is 0 Å². The molecule has 1 heterocycles. The molecule has 0 bridgehead atoms. The molecule has 0 aliphatic heterocycles. The highest BCUT2D eigenvalue weighted by atomic mass is 16.5. The normalized spacial score (nSPS) is 11.8. The first-order chi connectivity index (χ1) is 13.1. The van der Waals surface area contributed by atoms with E-state index in [1.807, 2.05) is 49.4 Å². The number of rotatable bonds is 7. The molecule has 2 aromatic carbocycles. The average Bonchev–Trinajstić information content (AvgIpc) is 3.20. The fourth-order valence-corrected chi connectivity index (χ4v) is 2.84. The van der Waals surface area contributed by atoms with Crippen molar-refractivity contribution in [2.45, 2.75) is 33.1 Å². The van der Waals surface area contributed by atoms with Gasteiger partial charge in [0.15, 0.2) is 6.61 Å². The van der Waals surface area contributed by atoms with Gasteiger partial charge in [-0.3, -0.25) is 4.79 Å². The first-order valence-corrected chi connectivity index (χ1v) is 8.94. The molecule has 7 nitrogen and oxygen atoms in total. The molecule has 0 fully saturated rings. The number of hydrogen-bond donors (Lipinski definition) is 1. The predicted molar refractivity (Wildman–Crippen MR) is 103 cm³/mol. The van der Waals surface area contributed by atoms with Gasteiger partial charge in [0.05, 0.1) is 5.69 Å². The van der Waals surface area contributed by atoms with Gasteiger partial charge in [-0.05, 0) is 65.1 Å². The molecule has 0 spiro atoms. The van der Waals surface area contributed by atoms with Crippen molar-refractivity contribution in [3.05, 3.63) is 59.9 Å². The van der Waals surface area contributed by atoms with Gasteiger partial charge in [0.1, 0.15) is 12.1 Å². The van der Waals surface area contributed by atoms with E-state index < -0.39 is 0 Å². The minimum Gasteiger partial charge on any atom is -0.483 e. The third kappa shape index (κ3) is 4.49. The molecular formula is C20H23N5O2. The van der Waals surface area contributed by atoms with E-state index in [2.05, 4.69) is 34.7 Å². The smallest absolute Gasteiger partial charge is 0.262 e. The molecule has 1 aromatic heterocycles. The Balaban J connectivity index is 1.63. The molecule has 0 saturated carbocycles. The van der Waals surface area contributed by atoms with Crippen molar-refractivity contribution in [1.29, 1.82) is 0 Å². The second kappa shape index (κ2) is 8.44. The van der Waals surface area contributed by atoms with Crippen molar-refractivity contribution >= 4 is 11.6 Å². The van der Waals surface area contributed by atoms with E-state index in [0.29, 0.717) is 11.6 Å². The fourth-order valence-electron chi connectivity index (χ4n) is 2.84. The number of ether oxygens (including phenoxy) is 1. The van der Waals surface area contributed by atoms with Gasteiger partial charge in [-0.25, -0.2) is 4.68 Å². The summed E-state index contributed by atoms with van der Waals surface area (Å²) < 4.78 is 7.34.